The van der Waals surface area contributed by atoms with Crippen LogP contribution in [0.15, 0.2) is 30.5 Å². The second-order valence-electron chi connectivity index (χ2n) is 6.32. The van der Waals surface area contributed by atoms with Gasteiger partial charge in [-0.15, -0.1) is 0 Å². The predicted molar refractivity (Wildman–Crippen MR) is 87.9 cm³/mol. The average Bonchev–Trinajstić information content (AvgIpc) is 3.30. The van der Waals surface area contributed by atoms with Crippen molar-refractivity contribution in [2.75, 3.05) is 19.8 Å². The maximum absolute atomic E-state index is 12.6. The summed E-state index contributed by atoms with van der Waals surface area (Å²) in [6.45, 7) is 2.73. The molecule has 126 valence electrons. The number of hydrogen-bond donors (Lipinski definition) is 1. The molecule has 0 radical (unpaired) electrons. The molecule has 1 aromatic carbocycles. The minimum atomic E-state index is 0.0486. The number of carbonyl (C=O) groups excluding carboxylic acids is 1. The Morgan fingerprint density at radius 3 is 3.04 bits per heavy atom. The Hall–Kier alpha value is -2.34. The molecule has 2 aliphatic rings. The summed E-state index contributed by atoms with van der Waals surface area (Å²) in [6.07, 6.45) is 4.99. The monoisotopic (exact) mass is 327 g/mol. The van der Waals surface area contributed by atoms with Crippen LogP contribution in [0.3, 0.4) is 0 Å². The van der Waals surface area contributed by atoms with E-state index in [1.165, 1.54) is 0 Å². The smallest absolute Gasteiger partial charge is 0.254 e. The number of benzene rings is 1. The number of rotatable bonds is 4. The summed E-state index contributed by atoms with van der Waals surface area (Å²) in [6, 6.07) is 7.38. The third-order valence-corrected chi connectivity index (χ3v) is 4.65. The topological polar surface area (TPSA) is 67.5 Å². The van der Waals surface area contributed by atoms with Gasteiger partial charge in [-0.3, -0.25) is 9.89 Å². The van der Waals surface area contributed by atoms with Crippen LogP contribution >= 0.6 is 0 Å². The second-order valence-corrected chi connectivity index (χ2v) is 6.32. The number of amides is 1. The van der Waals surface area contributed by atoms with E-state index in [0.717, 1.165) is 42.9 Å². The molecule has 24 heavy (non-hydrogen) atoms. The number of carbonyl (C=O) groups is 1. The summed E-state index contributed by atoms with van der Waals surface area (Å²) in [5.74, 6) is 0.824. The fourth-order valence-corrected chi connectivity index (χ4v) is 3.24. The summed E-state index contributed by atoms with van der Waals surface area (Å²) in [4.78, 5) is 14.5. The van der Waals surface area contributed by atoms with Crippen LogP contribution in [0.5, 0.6) is 5.75 Å². The number of hydrogen-bond acceptors (Lipinski definition) is 4. The minimum Gasteiger partial charge on any atom is -0.491 e. The number of ether oxygens (including phenoxy) is 2. The van der Waals surface area contributed by atoms with Gasteiger partial charge in [0.15, 0.2) is 0 Å². The quantitative estimate of drug-likeness (QED) is 0.934. The standard InChI is InChI=1S/C18H21N3O3/c22-18(21-8-7-17-14(11-21)10-19-20-17)13-3-5-15(6-4-13)24-12-16-2-1-9-23-16/h3-6,10,16H,1-2,7-9,11-12H2,(H,19,20). The highest BCUT2D eigenvalue weighted by molar-refractivity contribution is 5.94. The number of H-pyrrole nitrogens is 1. The molecule has 1 atom stereocenters. The van der Waals surface area contributed by atoms with Crippen molar-refractivity contribution in [3.8, 4) is 5.75 Å². The van der Waals surface area contributed by atoms with E-state index in [4.69, 9.17) is 9.47 Å². The molecule has 0 aliphatic carbocycles. The van der Waals surface area contributed by atoms with Crippen LogP contribution in [0.4, 0.5) is 0 Å². The Balaban J connectivity index is 1.36. The molecule has 0 bridgehead atoms. The first-order valence-electron chi connectivity index (χ1n) is 8.44. The lowest BCUT2D eigenvalue weighted by Gasteiger charge is -2.26. The van der Waals surface area contributed by atoms with Crippen molar-refractivity contribution < 1.29 is 14.3 Å². The first-order chi connectivity index (χ1) is 11.8. The van der Waals surface area contributed by atoms with Crippen molar-refractivity contribution in [1.82, 2.24) is 15.1 Å². The molecular weight excluding hydrogens is 306 g/mol. The molecule has 4 rings (SSSR count). The van der Waals surface area contributed by atoms with Gasteiger partial charge in [0.25, 0.3) is 5.91 Å². The molecule has 0 spiro atoms. The molecule has 6 nitrogen and oxygen atoms in total. The van der Waals surface area contributed by atoms with Crippen LogP contribution < -0.4 is 4.74 Å². The van der Waals surface area contributed by atoms with Gasteiger partial charge in [-0.1, -0.05) is 0 Å². The fraction of sp³-hybridized carbons (Fsp3) is 0.444. The molecule has 1 amide bonds. The molecule has 0 saturated carbocycles. The van der Waals surface area contributed by atoms with Crippen LogP contribution in [0.2, 0.25) is 0 Å². The molecular formula is C18H21N3O3. The average molecular weight is 327 g/mol. The van der Waals surface area contributed by atoms with Gasteiger partial charge in [-0.25, -0.2) is 0 Å². The number of nitrogens with zero attached hydrogens (tertiary/aromatic N) is 2. The molecule has 1 N–H and O–H groups in total. The Labute approximate surface area is 140 Å². The van der Waals surface area contributed by atoms with E-state index in [0.29, 0.717) is 25.3 Å². The summed E-state index contributed by atoms with van der Waals surface area (Å²) in [5.41, 5.74) is 2.93. The molecule has 2 aliphatic heterocycles. The number of aromatic amines is 1. The second kappa shape index (κ2) is 6.65. The Kier molecular flexibility index (Phi) is 4.21. The van der Waals surface area contributed by atoms with Crippen LogP contribution in [0, 0.1) is 0 Å². The highest BCUT2D eigenvalue weighted by Crippen LogP contribution is 2.20. The SMILES string of the molecule is O=C(c1ccc(OCC2CCCO2)cc1)N1CCc2[nH]ncc2C1. The van der Waals surface area contributed by atoms with Gasteiger partial charge in [0.05, 0.1) is 12.3 Å². The molecule has 1 unspecified atom stereocenters. The van der Waals surface area contributed by atoms with Crippen molar-refractivity contribution in [3.05, 3.63) is 47.3 Å². The van der Waals surface area contributed by atoms with Gasteiger partial charge < -0.3 is 14.4 Å². The lowest BCUT2D eigenvalue weighted by molar-refractivity contribution is 0.0678. The third-order valence-electron chi connectivity index (χ3n) is 4.65. The highest BCUT2D eigenvalue weighted by atomic mass is 16.5. The Bertz CT molecular complexity index is 705. The normalized spacial score (nSPS) is 20.0. The number of aromatic nitrogens is 2. The van der Waals surface area contributed by atoms with Crippen LogP contribution in [0.25, 0.3) is 0 Å². The zero-order chi connectivity index (χ0) is 16.4. The minimum absolute atomic E-state index is 0.0486. The zero-order valence-electron chi connectivity index (χ0n) is 13.5. The van der Waals surface area contributed by atoms with Crippen LogP contribution in [0.1, 0.15) is 34.5 Å². The van der Waals surface area contributed by atoms with E-state index >= 15 is 0 Å². The van der Waals surface area contributed by atoms with Gasteiger partial charge in [0, 0.05) is 42.9 Å². The summed E-state index contributed by atoms with van der Waals surface area (Å²) < 4.78 is 11.3. The van der Waals surface area contributed by atoms with Gasteiger partial charge in [0.1, 0.15) is 12.4 Å². The molecule has 2 aromatic rings. The molecule has 1 saturated heterocycles. The molecule has 3 heterocycles. The molecule has 6 heteroatoms. The summed E-state index contributed by atoms with van der Waals surface area (Å²) >= 11 is 0. The first kappa shape index (κ1) is 15.2. The molecule has 1 fully saturated rings. The Morgan fingerprint density at radius 1 is 1.38 bits per heavy atom. The van der Waals surface area contributed by atoms with Crippen molar-refractivity contribution >= 4 is 5.91 Å². The molecule has 1 aromatic heterocycles. The van der Waals surface area contributed by atoms with E-state index in [1.54, 1.807) is 6.20 Å². The van der Waals surface area contributed by atoms with Crippen LogP contribution in [-0.2, 0) is 17.7 Å². The van der Waals surface area contributed by atoms with Gasteiger partial charge in [-0.05, 0) is 37.1 Å². The van der Waals surface area contributed by atoms with E-state index < -0.39 is 0 Å². The van der Waals surface area contributed by atoms with Crippen molar-refractivity contribution in [1.29, 1.82) is 0 Å². The Morgan fingerprint density at radius 2 is 2.25 bits per heavy atom. The summed E-state index contributed by atoms with van der Waals surface area (Å²) in [5, 5.41) is 7.03. The predicted octanol–water partition coefficient (Wildman–Crippen LogP) is 2.17. The maximum atomic E-state index is 12.6. The van der Waals surface area contributed by atoms with E-state index in [9.17, 15) is 4.79 Å². The van der Waals surface area contributed by atoms with E-state index in [2.05, 4.69) is 10.2 Å². The summed E-state index contributed by atoms with van der Waals surface area (Å²) in [7, 11) is 0. The largest absolute Gasteiger partial charge is 0.491 e. The van der Waals surface area contributed by atoms with E-state index in [1.807, 2.05) is 29.2 Å². The lowest BCUT2D eigenvalue weighted by Crippen LogP contribution is -2.35. The first-order valence-corrected chi connectivity index (χ1v) is 8.44. The lowest BCUT2D eigenvalue weighted by atomic mass is 10.1. The number of fused-ring (bicyclic) bond motifs is 1. The fourth-order valence-electron chi connectivity index (χ4n) is 3.24. The maximum Gasteiger partial charge on any atom is 0.254 e. The number of nitrogens with one attached hydrogen (secondary N) is 1. The van der Waals surface area contributed by atoms with Crippen molar-refractivity contribution in [3.63, 3.8) is 0 Å². The van der Waals surface area contributed by atoms with E-state index in [-0.39, 0.29) is 12.0 Å². The van der Waals surface area contributed by atoms with Crippen molar-refractivity contribution in [2.24, 2.45) is 0 Å². The highest BCUT2D eigenvalue weighted by Gasteiger charge is 2.23. The van der Waals surface area contributed by atoms with Gasteiger partial charge >= 0.3 is 0 Å². The van der Waals surface area contributed by atoms with Crippen molar-refractivity contribution in [2.45, 2.75) is 31.9 Å². The van der Waals surface area contributed by atoms with Gasteiger partial charge in [0.2, 0.25) is 0 Å². The van der Waals surface area contributed by atoms with Gasteiger partial charge in [-0.2, -0.15) is 5.10 Å². The third kappa shape index (κ3) is 3.14. The van der Waals surface area contributed by atoms with Crippen LogP contribution in [-0.4, -0.2) is 46.9 Å². The zero-order valence-corrected chi connectivity index (χ0v) is 13.5.